The molecule has 0 atom stereocenters. The Labute approximate surface area is 114 Å². The monoisotopic (exact) mass is 319 g/mol. The van der Waals surface area contributed by atoms with E-state index in [1.807, 2.05) is 0 Å². The first kappa shape index (κ1) is 13.1. The first-order chi connectivity index (χ1) is 8.31. The van der Waals surface area contributed by atoms with Gasteiger partial charge in [0.25, 0.3) is 0 Å². The number of rotatable bonds is 4. The fourth-order valence-electron chi connectivity index (χ4n) is 1.98. The van der Waals surface area contributed by atoms with Gasteiger partial charge < -0.3 is 9.64 Å². The van der Waals surface area contributed by atoms with Crippen molar-refractivity contribution in [3.8, 4) is 0 Å². The molecule has 94 valence electrons. The van der Waals surface area contributed by atoms with Crippen molar-refractivity contribution in [2.75, 3.05) is 30.5 Å². The molecule has 0 bridgehead atoms. The standard InChI is InChI=1S/C11H15BrClN3O/c12-10-7-14-8-15-11(10)16-4-1-9(2-5-16)17-6-3-13/h7-9H,1-6H2. The number of alkyl halides is 1. The minimum atomic E-state index is 0.339. The molecule has 0 saturated carbocycles. The zero-order valence-electron chi connectivity index (χ0n) is 9.48. The van der Waals surface area contributed by atoms with Crippen molar-refractivity contribution in [1.29, 1.82) is 0 Å². The third-order valence-corrected chi connectivity index (χ3v) is 3.53. The number of hydrogen-bond donors (Lipinski definition) is 0. The lowest BCUT2D eigenvalue weighted by Crippen LogP contribution is -2.37. The number of hydrogen-bond acceptors (Lipinski definition) is 4. The number of nitrogens with zero attached hydrogens (tertiary/aromatic N) is 3. The molecule has 0 unspecified atom stereocenters. The van der Waals surface area contributed by atoms with Crippen LogP contribution in [0.3, 0.4) is 0 Å². The van der Waals surface area contributed by atoms with E-state index in [0.717, 1.165) is 36.2 Å². The third-order valence-electron chi connectivity index (χ3n) is 2.82. The molecule has 6 heteroatoms. The highest BCUT2D eigenvalue weighted by Gasteiger charge is 2.21. The highest BCUT2D eigenvalue weighted by molar-refractivity contribution is 9.10. The normalized spacial score (nSPS) is 17.4. The van der Waals surface area contributed by atoms with Gasteiger partial charge in [-0.15, -0.1) is 11.6 Å². The van der Waals surface area contributed by atoms with Crippen LogP contribution in [0.4, 0.5) is 5.82 Å². The first-order valence-electron chi connectivity index (χ1n) is 5.69. The van der Waals surface area contributed by atoms with E-state index in [-0.39, 0.29) is 0 Å². The predicted molar refractivity (Wildman–Crippen MR) is 71.6 cm³/mol. The molecule has 0 aromatic carbocycles. The largest absolute Gasteiger partial charge is 0.377 e. The van der Waals surface area contributed by atoms with E-state index in [0.29, 0.717) is 18.6 Å². The molecule has 1 aliphatic heterocycles. The van der Waals surface area contributed by atoms with Crippen LogP contribution in [0.25, 0.3) is 0 Å². The topological polar surface area (TPSA) is 38.2 Å². The predicted octanol–water partition coefficient (Wildman–Crippen LogP) is 2.46. The van der Waals surface area contributed by atoms with E-state index in [1.165, 1.54) is 0 Å². The summed E-state index contributed by atoms with van der Waals surface area (Å²) in [5.74, 6) is 1.54. The van der Waals surface area contributed by atoms with Gasteiger partial charge in [-0.1, -0.05) is 0 Å². The molecule has 0 N–H and O–H groups in total. The van der Waals surface area contributed by atoms with E-state index in [4.69, 9.17) is 16.3 Å². The quantitative estimate of drug-likeness (QED) is 0.799. The van der Waals surface area contributed by atoms with Crippen LogP contribution >= 0.6 is 27.5 Å². The van der Waals surface area contributed by atoms with Crippen LogP contribution in [0.2, 0.25) is 0 Å². The summed E-state index contributed by atoms with van der Waals surface area (Å²) >= 11 is 9.08. The molecule has 0 spiro atoms. The lowest BCUT2D eigenvalue weighted by atomic mass is 10.1. The van der Waals surface area contributed by atoms with Gasteiger partial charge in [-0.3, -0.25) is 0 Å². The van der Waals surface area contributed by atoms with E-state index in [1.54, 1.807) is 12.5 Å². The first-order valence-corrected chi connectivity index (χ1v) is 7.02. The average molecular weight is 321 g/mol. The molecule has 1 saturated heterocycles. The Bertz CT molecular complexity index is 358. The molecule has 1 fully saturated rings. The fraction of sp³-hybridized carbons (Fsp3) is 0.636. The molecule has 17 heavy (non-hydrogen) atoms. The van der Waals surface area contributed by atoms with Crippen molar-refractivity contribution in [1.82, 2.24) is 9.97 Å². The Hall–Kier alpha value is -0.390. The summed E-state index contributed by atoms with van der Waals surface area (Å²) in [5.41, 5.74) is 0. The molecule has 1 aliphatic rings. The van der Waals surface area contributed by atoms with Crippen molar-refractivity contribution >= 4 is 33.3 Å². The van der Waals surface area contributed by atoms with Crippen LogP contribution < -0.4 is 4.90 Å². The summed E-state index contributed by atoms with van der Waals surface area (Å²) < 4.78 is 6.59. The van der Waals surface area contributed by atoms with Crippen molar-refractivity contribution < 1.29 is 4.74 Å². The molecule has 1 aromatic heterocycles. The zero-order valence-corrected chi connectivity index (χ0v) is 11.8. The lowest BCUT2D eigenvalue weighted by molar-refractivity contribution is 0.0470. The minimum absolute atomic E-state index is 0.339. The zero-order chi connectivity index (χ0) is 12.1. The van der Waals surface area contributed by atoms with E-state index in [2.05, 4.69) is 30.8 Å². The van der Waals surface area contributed by atoms with Crippen LogP contribution in [-0.4, -0.2) is 41.6 Å². The van der Waals surface area contributed by atoms with E-state index < -0.39 is 0 Å². The Morgan fingerprint density at radius 1 is 1.47 bits per heavy atom. The Morgan fingerprint density at radius 3 is 2.88 bits per heavy atom. The van der Waals surface area contributed by atoms with Gasteiger partial charge in [0.05, 0.1) is 17.2 Å². The number of halogens is 2. The van der Waals surface area contributed by atoms with Gasteiger partial charge >= 0.3 is 0 Å². The summed E-state index contributed by atoms with van der Waals surface area (Å²) in [6.07, 6.45) is 5.74. The summed E-state index contributed by atoms with van der Waals surface area (Å²) in [6, 6.07) is 0. The van der Waals surface area contributed by atoms with Gasteiger partial charge in [0.1, 0.15) is 12.1 Å². The smallest absolute Gasteiger partial charge is 0.146 e. The molecular formula is C11H15BrClN3O. The second-order valence-corrected chi connectivity index (χ2v) is 5.17. The Balaban J connectivity index is 1.89. The maximum atomic E-state index is 5.64. The molecule has 4 nitrogen and oxygen atoms in total. The molecular weight excluding hydrogens is 305 g/mol. The summed E-state index contributed by atoms with van der Waals surface area (Å²) in [4.78, 5) is 10.5. The fourth-order valence-corrected chi connectivity index (χ4v) is 2.54. The van der Waals surface area contributed by atoms with Crippen molar-refractivity contribution in [3.05, 3.63) is 17.0 Å². The highest BCUT2D eigenvalue weighted by Crippen LogP contribution is 2.25. The molecule has 1 aromatic rings. The number of anilines is 1. The van der Waals surface area contributed by atoms with Crippen LogP contribution in [0, 0.1) is 0 Å². The highest BCUT2D eigenvalue weighted by atomic mass is 79.9. The van der Waals surface area contributed by atoms with Gasteiger partial charge in [-0.2, -0.15) is 0 Å². The van der Waals surface area contributed by atoms with Crippen molar-refractivity contribution in [2.24, 2.45) is 0 Å². The number of piperidine rings is 1. The van der Waals surface area contributed by atoms with Gasteiger partial charge in [-0.25, -0.2) is 9.97 Å². The van der Waals surface area contributed by atoms with Crippen LogP contribution in [0.5, 0.6) is 0 Å². The van der Waals surface area contributed by atoms with Gasteiger partial charge in [0, 0.05) is 25.2 Å². The lowest BCUT2D eigenvalue weighted by Gasteiger charge is -2.32. The number of ether oxygens (including phenoxy) is 1. The van der Waals surface area contributed by atoms with Crippen molar-refractivity contribution in [2.45, 2.75) is 18.9 Å². The molecule has 2 rings (SSSR count). The van der Waals surface area contributed by atoms with Crippen LogP contribution in [0.15, 0.2) is 17.0 Å². The number of aromatic nitrogens is 2. The third kappa shape index (κ3) is 3.53. The maximum Gasteiger partial charge on any atom is 0.146 e. The van der Waals surface area contributed by atoms with Gasteiger partial charge in [0.2, 0.25) is 0 Å². The molecule has 0 aliphatic carbocycles. The minimum Gasteiger partial charge on any atom is -0.377 e. The van der Waals surface area contributed by atoms with Crippen LogP contribution in [-0.2, 0) is 4.74 Å². The molecule has 2 heterocycles. The average Bonchev–Trinajstić information content (AvgIpc) is 2.38. The van der Waals surface area contributed by atoms with Crippen molar-refractivity contribution in [3.63, 3.8) is 0 Å². The van der Waals surface area contributed by atoms with E-state index in [9.17, 15) is 0 Å². The molecule has 0 radical (unpaired) electrons. The van der Waals surface area contributed by atoms with Crippen LogP contribution in [0.1, 0.15) is 12.8 Å². The van der Waals surface area contributed by atoms with Gasteiger partial charge in [-0.05, 0) is 28.8 Å². The second-order valence-electron chi connectivity index (χ2n) is 3.94. The Kier molecular flexibility index (Phi) is 5.00. The second kappa shape index (κ2) is 6.52. The van der Waals surface area contributed by atoms with E-state index >= 15 is 0 Å². The summed E-state index contributed by atoms with van der Waals surface area (Å²) in [5, 5.41) is 0. The summed E-state index contributed by atoms with van der Waals surface area (Å²) in [7, 11) is 0. The summed E-state index contributed by atoms with van der Waals surface area (Å²) in [6.45, 7) is 2.56. The Morgan fingerprint density at radius 2 is 2.24 bits per heavy atom. The maximum absolute atomic E-state index is 5.64. The molecule has 0 amide bonds. The van der Waals surface area contributed by atoms with Gasteiger partial charge in [0.15, 0.2) is 0 Å². The SMILES string of the molecule is ClCCOC1CCN(c2ncncc2Br)CC1.